The maximum absolute atomic E-state index is 11.4. The van der Waals surface area contributed by atoms with E-state index in [0.29, 0.717) is 29.1 Å². The molecule has 3 N–H and O–H groups in total. The van der Waals surface area contributed by atoms with Gasteiger partial charge in [0.15, 0.2) is 5.75 Å². The summed E-state index contributed by atoms with van der Waals surface area (Å²) in [5.41, 5.74) is 1.52. The molecule has 0 fully saturated rings. The molecule has 0 saturated carbocycles. The third kappa shape index (κ3) is 10.1. The van der Waals surface area contributed by atoms with Crippen molar-refractivity contribution in [2.45, 2.75) is 37.5 Å². The topological polar surface area (TPSA) is 163 Å². The van der Waals surface area contributed by atoms with Gasteiger partial charge in [-0.15, -0.1) is 27.6 Å². The molecule has 0 atom stereocenters. The summed E-state index contributed by atoms with van der Waals surface area (Å²) in [6, 6.07) is 21.9. The Bertz CT molecular complexity index is 1520. The molecule has 0 saturated heterocycles. The van der Waals surface area contributed by atoms with Gasteiger partial charge in [0.1, 0.15) is 5.69 Å². The van der Waals surface area contributed by atoms with E-state index in [2.05, 4.69) is 35.9 Å². The van der Waals surface area contributed by atoms with E-state index in [-0.39, 0.29) is 64.7 Å². The number of phenols is 1. The first-order valence-corrected chi connectivity index (χ1v) is 13.9. The van der Waals surface area contributed by atoms with Crippen LogP contribution in [0.25, 0.3) is 10.8 Å². The monoisotopic (exact) mass is 660 g/mol. The Hall–Kier alpha value is -2.62. The molecule has 4 aromatic rings. The normalized spacial score (nSPS) is 10.9. The van der Waals surface area contributed by atoms with Gasteiger partial charge in [-0.05, 0) is 53.2 Å². The summed E-state index contributed by atoms with van der Waals surface area (Å²) < 4.78 is 36.6. The molecule has 0 amide bonds. The number of phenolic OH excluding ortho intramolecular Hbond substituents is 1. The molecule has 0 aromatic heterocycles. The fourth-order valence-electron chi connectivity index (χ4n) is 2.95. The zero-order valence-electron chi connectivity index (χ0n) is 22.1. The molecule has 0 unspecified atom stereocenters. The maximum Gasteiger partial charge on any atom is 0.294 e. The number of rotatable bonds is 8. The minimum absolute atomic E-state index is 0. The van der Waals surface area contributed by atoms with Crippen molar-refractivity contribution in [3.8, 4) is 5.75 Å². The Morgan fingerprint density at radius 3 is 2.12 bits per heavy atom. The molecule has 0 aliphatic carbocycles. The number of azo groups is 2. The summed E-state index contributed by atoms with van der Waals surface area (Å²) >= 11 is 0.496. The van der Waals surface area contributed by atoms with Crippen molar-refractivity contribution in [1.82, 2.24) is 0 Å². The van der Waals surface area contributed by atoms with Crippen molar-refractivity contribution in [3.05, 3.63) is 78.9 Å². The molecular formula is C26H27N4O7S2Y-. The van der Waals surface area contributed by atoms with E-state index in [1.54, 1.807) is 18.2 Å². The average molecular weight is 661 g/mol. The largest absolute Gasteiger partial charge is 0.505 e. The standard InChI is InChI=1S/C22H15N4O7S2.2C2H6.Y/c27-22-19-11-10-18(35(29,30)31)12-14(19)13-20(34-33-32-28)21(22)26-25-17-8-6-16(7-9-17)24-23-15-4-2-1-3-5-15;2*1-2;/h1-8,10-13,27-28H,(H,29,30,31);2*1-2H3;/q-1;;;. The fraction of sp³-hybridized carbons (Fsp3) is 0.154. The molecule has 40 heavy (non-hydrogen) atoms. The molecule has 0 spiro atoms. The second-order valence-electron chi connectivity index (χ2n) is 6.82. The zero-order valence-corrected chi connectivity index (χ0v) is 26.6. The first-order chi connectivity index (χ1) is 18.8. The van der Waals surface area contributed by atoms with Gasteiger partial charge in [0.2, 0.25) is 0 Å². The average Bonchev–Trinajstić information content (AvgIpc) is 2.97. The van der Waals surface area contributed by atoms with Crippen LogP contribution in [0.4, 0.5) is 22.7 Å². The van der Waals surface area contributed by atoms with E-state index in [0.717, 1.165) is 12.1 Å². The Balaban J connectivity index is 0.00000153. The summed E-state index contributed by atoms with van der Waals surface area (Å²) in [4.78, 5) is -0.235. The van der Waals surface area contributed by atoms with E-state index in [9.17, 15) is 18.1 Å². The first-order valence-electron chi connectivity index (χ1n) is 11.7. The van der Waals surface area contributed by atoms with Crippen LogP contribution >= 0.6 is 12.0 Å². The van der Waals surface area contributed by atoms with Gasteiger partial charge >= 0.3 is 0 Å². The van der Waals surface area contributed by atoms with Crippen LogP contribution in [-0.2, 0) is 52.2 Å². The van der Waals surface area contributed by atoms with E-state index >= 15 is 0 Å². The molecule has 0 heterocycles. The van der Waals surface area contributed by atoms with E-state index in [1.807, 2.05) is 58.0 Å². The Morgan fingerprint density at radius 2 is 1.52 bits per heavy atom. The minimum atomic E-state index is -4.46. The Kier molecular flexibility index (Phi) is 15.9. The van der Waals surface area contributed by atoms with Crippen LogP contribution < -0.4 is 0 Å². The second-order valence-corrected chi connectivity index (χ2v) is 8.99. The Morgan fingerprint density at radius 1 is 0.850 bits per heavy atom. The van der Waals surface area contributed by atoms with Crippen LogP contribution in [-0.4, -0.2) is 23.3 Å². The number of nitrogens with zero attached hydrogens (tertiary/aromatic N) is 4. The van der Waals surface area contributed by atoms with E-state index in [4.69, 9.17) is 5.26 Å². The molecule has 0 aliphatic heterocycles. The van der Waals surface area contributed by atoms with Crippen LogP contribution in [0.3, 0.4) is 0 Å². The molecule has 14 heteroatoms. The third-order valence-electron chi connectivity index (χ3n) is 4.55. The van der Waals surface area contributed by atoms with Crippen LogP contribution in [0.15, 0.2) is 103 Å². The van der Waals surface area contributed by atoms with Crippen molar-refractivity contribution in [1.29, 1.82) is 0 Å². The molecule has 0 bridgehead atoms. The van der Waals surface area contributed by atoms with Crippen molar-refractivity contribution in [2.24, 2.45) is 20.5 Å². The van der Waals surface area contributed by atoms with Crippen molar-refractivity contribution in [2.75, 3.05) is 0 Å². The van der Waals surface area contributed by atoms with Gasteiger partial charge in [-0.3, -0.25) is 4.55 Å². The Labute approximate surface area is 262 Å². The second kappa shape index (κ2) is 17.9. The molecular weight excluding hydrogens is 633 g/mol. The number of fused-ring (bicyclic) bond motifs is 1. The summed E-state index contributed by atoms with van der Waals surface area (Å²) in [5.74, 6) is -0.342. The third-order valence-corrected chi connectivity index (χ3v) is 6.02. The summed E-state index contributed by atoms with van der Waals surface area (Å²) in [6.07, 6.45) is 0. The number of hydrogen-bond acceptors (Lipinski definition) is 11. The van der Waals surface area contributed by atoms with Gasteiger partial charge in [-0.25, -0.2) is 10.4 Å². The van der Waals surface area contributed by atoms with Gasteiger partial charge in [-0.2, -0.15) is 24.7 Å². The molecule has 0 aliphatic rings. The van der Waals surface area contributed by atoms with Crippen molar-refractivity contribution in [3.63, 3.8) is 0 Å². The van der Waals surface area contributed by atoms with Gasteiger partial charge < -0.3 is 5.11 Å². The number of hydrogen-bond donors (Lipinski definition) is 3. The molecule has 11 nitrogen and oxygen atoms in total. The van der Waals surface area contributed by atoms with E-state index in [1.165, 1.54) is 12.1 Å². The van der Waals surface area contributed by atoms with Crippen LogP contribution in [0.2, 0.25) is 0 Å². The zero-order chi connectivity index (χ0) is 28.8. The smallest absolute Gasteiger partial charge is 0.294 e. The number of benzene rings is 4. The molecule has 1 radical (unpaired) electrons. The maximum atomic E-state index is 11.4. The summed E-state index contributed by atoms with van der Waals surface area (Å²) in [7, 11) is -4.46. The van der Waals surface area contributed by atoms with Gasteiger partial charge in [-0.1, -0.05) is 50.9 Å². The summed E-state index contributed by atoms with van der Waals surface area (Å²) in [6.45, 7) is 8.00. The van der Waals surface area contributed by atoms with Crippen LogP contribution in [0.5, 0.6) is 5.75 Å². The predicted octanol–water partition coefficient (Wildman–Crippen LogP) is 8.90. The molecule has 209 valence electrons. The van der Waals surface area contributed by atoms with Gasteiger partial charge in [0, 0.05) is 38.1 Å². The molecule has 4 rings (SSSR count). The van der Waals surface area contributed by atoms with Gasteiger partial charge in [0.05, 0.1) is 27.5 Å². The quantitative estimate of drug-likeness (QED) is 0.0421. The SMILES string of the molecule is CC.CC.O=S(=O)(O)c1ccc2c(O)c(N=Nc3[c-]cc(N=Nc4ccccc4)cc3)c(SOOO)cc2c1.[Y]. The fourth-order valence-corrected chi connectivity index (χ4v) is 3.96. The molecule has 4 aromatic carbocycles. The van der Waals surface area contributed by atoms with Crippen molar-refractivity contribution >= 4 is 55.7 Å². The first kappa shape index (κ1) is 35.4. The minimum Gasteiger partial charge on any atom is -0.505 e. The number of aromatic hydroxyl groups is 1. The van der Waals surface area contributed by atoms with Crippen LogP contribution in [0, 0.1) is 6.07 Å². The predicted molar refractivity (Wildman–Crippen MR) is 149 cm³/mol. The van der Waals surface area contributed by atoms with E-state index < -0.39 is 10.1 Å². The van der Waals surface area contributed by atoms with Gasteiger partial charge in [0.25, 0.3) is 10.1 Å². The van der Waals surface area contributed by atoms with Crippen molar-refractivity contribution < 1.29 is 65.4 Å². The summed E-state index contributed by atoms with van der Waals surface area (Å²) in [5, 5.41) is 39.7. The van der Waals surface area contributed by atoms with Crippen LogP contribution in [0.1, 0.15) is 27.7 Å².